The summed E-state index contributed by atoms with van der Waals surface area (Å²) in [6, 6.07) is 4.00. The van der Waals surface area contributed by atoms with E-state index in [0.29, 0.717) is 0 Å². The molecule has 1 unspecified atom stereocenters. The van der Waals surface area contributed by atoms with Crippen LogP contribution in [0.2, 0.25) is 0 Å². The Morgan fingerprint density at radius 3 is 2.71 bits per heavy atom. The summed E-state index contributed by atoms with van der Waals surface area (Å²) >= 11 is 1.66. The molecule has 1 amide bonds. The van der Waals surface area contributed by atoms with E-state index in [1.807, 2.05) is 13.2 Å². The van der Waals surface area contributed by atoms with Crippen LogP contribution in [0.5, 0.6) is 0 Å². The van der Waals surface area contributed by atoms with E-state index >= 15 is 0 Å². The molecule has 0 fully saturated rings. The third-order valence-corrected chi connectivity index (χ3v) is 3.37. The molecular weight excluding hydrogens is 239 g/mol. The van der Waals surface area contributed by atoms with Gasteiger partial charge < -0.3 is 10.6 Å². The SMILES string of the molecule is CSCC(C)N(C)C(=O)c1cc(N)cc(F)c1. The first kappa shape index (κ1) is 13.8. The minimum Gasteiger partial charge on any atom is -0.399 e. The number of anilines is 1. The van der Waals surface area contributed by atoms with Crippen molar-refractivity contribution in [3.05, 3.63) is 29.6 Å². The third-order valence-electron chi connectivity index (χ3n) is 2.56. The van der Waals surface area contributed by atoms with Crippen LogP contribution in [0.3, 0.4) is 0 Å². The molecule has 3 nitrogen and oxygen atoms in total. The van der Waals surface area contributed by atoms with E-state index in [2.05, 4.69) is 0 Å². The second-order valence-corrected chi connectivity index (χ2v) is 4.90. The molecular formula is C12H17FN2OS. The molecule has 1 aromatic carbocycles. The maximum atomic E-state index is 13.1. The number of nitrogens with zero attached hydrogens (tertiary/aromatic N) is 1. The second kappa shape index (κ2) is 5.91. The molecule has 0 aromatic heterocycles. The van der Waals surface area contributed by atoms with Gasteiger partial charge in [0.15, 0.2) is 0 Å². The average Bonchev–Trinajstić information content (AvgIpc) is 2.26. The molecule has 0 spiro atoms. The highest BCUT2D eigenvalue weighted by molar-refractivity contribution is 7.98. The van der Waals surface area contributed by atoms with Crippen LogP contribution in [0.15, 0.2) is 18.2 Å². The lowest BCUT2D eigenvalue weighted by molar-refractivity contribution is 0.0757. The van der Waals surface area contributed by atoms with Gasteiger partial charge in [-0.3, -0.25) is 4.79 Å². The van der Waals surface area contributed by atoms with Gasteiger partial charge in [0.05, 0.1) is 0 Å². The Bertz CT molecular complexity index is 391. The van der Waals surface area contributed by atoms with E-state index in [1.165, 1.54) is 18.2 Å². The zero-order valence-corrected chi connectivity index (χ0v) is 11.1. The Balaban J connectivity index is 2.88. The lowest BCUT2D eigenvalue weighted by atomic mass is 10.1. The number of carbonyl (C=O) groups excluding carboxylic acids is 1. The van der Waals surface area contributed by atoms with Gasteiger partial charge >= 0.3 is 0 Å². The van der Waals surface area contributed by atoms with E-state index in [-0.39, 0.29) is 23.2 Å². The van der Waals surface area contributed by atoms with Crippen molar-refractivity contribution in [1.82, 2.24) is 4.90 Å². The molecule has 0 aliphatic heterocycles. The van der Waals surface area contributed by atoms with Crippen molar-refractivity contribution in [3.63, 3.8) is 0 Å². The Morgan fingerprint density at radius 1 is 1.53 bits per heavy atom. The van der Waals surface area contributed by atoms with Crippen LogP contribution in [0.4, 0.5) is 10.1 Å². The number of benzene rings is 1. The van der Waals surface area contributed by atoms with Crippen molar-refractivity contribution < 1.29 is 9.18 Å². The Kier molecular flexibility index (Phi) is 4.81. The number of amides is 1. The molecule has 0 saturated heterocycles. The normalized spacial score (nSPS) is 12.2. The fraction of sp³-hybridized carbons (Fsp3) is 0.417. The van der Waals surface area contributed by atoms with Crippen molar-refractivity contribution in [3.8, 4) is 0 Å². The van der Waals surface area contributed by atoms with Gasteiger partial charge in [-0.05, 0) is 31.4 Å². The molecule has 17 heavy (non-hydrogen) atoms. The molecule has 0 aliphatic rings. The van der Waals surface area contributed by atoms with Crippen LogP contribution in [0.1, 0.15) is 17.3 Å². The molecule has 1 atom stereocenters. The molecule has 0 heterocycles. The van der Waals surface area contributed by atoms with Gasteiger partial charge in [-0.15, -0.1) is 0 Å². The first-order valence-corrected chi connectivity index (χ1v) is 6.67. The van der Waals surface area contributed by atoms with E-state index < -0.39 is 5.82 Å². The van der Waals surface area contributed by atoms with Gasteiger partial charge in [-0.1, -0.05) is 0 Å². The molecule has 2 N–H and O–H groups in total. The summed E-state index contributed by atoms with van der Waals surface area (Å²) < 4.78 is 13.1. The zero-order chi connectivity index (χ0) is 13.0. The fourth-order valence-corrected chi connectivity index (χ4v) is 2.20. The van der Waals surface area contributed by atoms with Gasteiger partial charge in [-0.2, -0.15) is 11.8 Å². The zero-order valence-electron chi connectivity index (χ0n) is 10.2. The number of halogens is 1. The summed E-state index contributed by atoms with van der Waals surface area (Å²) in [6.07, 6.45) is 1.98. The summed E-state index contributed by atoms with van der Waals surface area (Å²) in [5, 5.41) is 0. The highest BCUT2D eigenvalue weighted by Gasteiger charge is 2.17. The van der Waals surface area contributed by atoms with Crippen molar-refractivity contribution in [1.29, 1.82) is 0 Å². The monoisotopic (exact) mass is 256 g/mol. The van der Waals surface area contributed by atoms with E-state index in [4.69, 9.17) is 5.73 Å². The number of hydrogen-bond donors (Lipinski definition) is 1. The minimum absolute atomic E-state index is 0.0991. The van der Waals surface area contributed by atoms with E-state index in [1.54, 1.807) is 23.7 Å². The standard InChI is InChI=1S/C12H17FN2OS/c1-8(7-17-3)15(2)12(16)9-4-10(13)6-11(14)5-9/h4-6,8H,7,14H2,1-3H3. The van der Waals surface area contributed by atoms with Crippen LogP contribution >= 0.6 is 11.8 Å². The predicted octanol–water partition coefficient (Wildman–Crippen LogP) is 2.23. The number of thioether (sulfide) groups is 1. The van der Waals surface area contributed by atoms with Crippen LogP contribution < -0.4 is 5.73 Å². The Hall–Kier alpha value is -1.23. The van der Waals surface area contributed by atoms with Crippen LogP contribution in [0.25, 0.3) is 0 Å². The maximum Gasteiger partial charge on any atom is 0.254 e. The Morgan fingerprint density at radius 2 is 2.18 bits per heavy atom. The van der Waals surface area contributed by atoms with Crippen LogP contribution in [-0.2, 0) is 0 Å². The van der Waals surface area contributed by atoms with Crippen molar-refractivity contribution in [2.24, 2.45) is 0 Å². The van der Waals surface area contributed by atoms with E-state index in [0.717, 1.165) is 5.75 Å². The molecule has 0 aliphatic carbocycles. The highest BCUT2D eigenvalue weighted by Crippen LogP contribution is 2.14. The van der Waals surface area contributed by atoms with Gasteiger partial charge in [0, 0.05) is 30.1 Å². The summed E-state index contributed by atoms with van der Waals surface area (Å²) in [6.45, 7) is 1.96. The van der Waals surface area contributed by atoms with Crippen molar-refractivity contribution >= 4 is 23.4 Å². The summed E-state index contributed by atoms with van der Waals surface area (Å²) in [4.78, 5) is 13.7. The topological polar surface area (TPSA) is 46.3 Å². The van der Waals surface area contributed by atoms with Gasteiger partial charge in [-0.25, -0.2) is 4.39 Å². The first-order chi connectivity index (χ1) is 7.95. The third kappa shape index (κ3) is 3.63. The van der Waals surface area contributed by atoms with Gasteiger partial charge in [0.1, 0.15) is 5.82 Å². The molecule has 0 saturated carbocycles. The molecule has 1 aromatic rings. The lowest BCUT2D eigenvalue weighted by Crippen LogP contribution is -2.36. The first-order valence-electron chi connectivity index (χ1n) is 5.28. The quantitative estimate of drug-likeness (QED) is 0.840. The number of carbonyl (C=O) groups is 1. The Labute approximate surface area is 105 Å². The van der Waals surface area contributed by atoms with E-state index in [9.17, 15) is 9.18 Å². The molecule has 94 valence electrons. The van der Waals surface area contributed by atoms with Gasteiger partial charge in [0.25, 0.3) is 5.91 Å². The number of nitrogens with two attached hydrogens (primary N) is 1. The average molecular weight is 256 g/mol. The van der Waals surface area contributed by atoms with Crippen molar-refractivity contribution in [2.75, 3.05) is 24.8 Å². The maximum absolute atomic E-state index is 13.1. The molecule has 0 bridgehead atoms. The van der Waals surface area contributed by atoms with Gasteiger partial charge in [0.2, 0.25) is 0 Å². The van der Waals surface area contributed by atoms with Crippen LogP contribution in [-0.4, -0.2) is 35.9 Å². The molecule has 1 rings (SSSR count). The molecule has 5 heteroatoms. The summed E-state index contributed by atoms with van der Waals surface area (Å²) in [5.74, 6) is 0.143. The number of nitrogen functional groups attached to an aromatic ring is 1. The second-order valence-electron chi connectivity index (χ2n) is 3.99. The molecule has 0 radical (unpaired) electrons. The largest absolute Gasteiger partial charge is 0.399 e. The van der Waals surface area contributed by atoms with Crippen molar-refractivity contribution in [2.45, 2.75) is 13.0 Å². The summed E-state index contributed by atoms with van der Waals surface area (Å²) in [5.41, 5.74) is 6.07. The smallest absolute Gasteiger partial charge is 0.254 e. The number of rotatable bonds is 4. The minimum atomic E-state index is -0.487. The predicted molar refractivity (Wildman–Crippen MR) is 70.7 cm³/mol. The van der Waals surface area contributed by atoms with Crippen LogP contribution in [0, 0.1) is 5.82 Å². The fourth-order valence-electron chi connectivity index (χ4n) is 1.49. The highest BCUT2D eigenvalue weighted by atomic mass is 32.2. The summed E-state index contributed by atoms with van der Waals surface area (Å²) in [7, 11) is 1.71. The lowest BCUT2D eigenvalue weighted by Gasteiger charge is -2.24. The number of hydrogen-bond acceptors (Lipinski definition) is 3.